The zero-order chi connectivity index (χ0) is 35.7. The van der Waals surface area contributed by atoms with Crippen molar-refractivity contribution in [2.45, 2.75) is 13.2 Å². The minimum atomic E-state index is -0.675. The largest absolute Gasteiger partial charge is 0.508 e. The Hall–Kier alpha value is -6.16. The number of halogens is 2. The Labute approximate surface area is 303 Å². The van der Waals surface area contributed by atoms with Gasteiger partial charge in [-0.25, -0.2) is 9.59 Å². The van der Waals surface area contributed by atoms with E-state index < -0.39 is 12.2 Å². The Morgan fingerprint density at radius 3 is 1.37 bits per heavy atom. The number of hydrogen-bond donors (Lipinski definition) is 4. The second kappa shape index (κ2) is 16.0. The maximum absolute atomic E-state index is 12.7. The smallest absolute Gasteiger partial charge is 0.411 e. The number of rotatable bonds is 10. The molecule has 0 aliphatic rings. The predicted molar refractivity (Wildman–Crippen MR) is 198 cm³/mol. The van der Waals surface area contributed by atoms with E-state index in [1.54, 1.807) is 133 Å². The molecule has 0 saturated carbocycles. The second-order valence-electron chi connectivity index (χ2n) is 11.3. The van der Waals surface area contributed by atoms with Crippen LogP contribution in [-0.4, -0.2) is 22.4 Å². The van der Waals surface area contributed by atoms with Gasteiger partial charge in [0.25, 0.3) is 0 Å². The number of carbonyl (C=O) groups is 2. The van der Waals surface area contributed by atoms with Gasteiger partial charge in [0.05, 0.1) is 0 Å². The molecule has 0 atom stereocenters. The summed E-state index contributed by atoms with van der Waals surface area (Å²) in [6.07, 6.45) is -1.35. The minimum absolute atomic E-state index is 0.0231. The summed E-state index contributed by atoms with van der Waals surface area (Å²) in [6, 6.07) is 37.3. The molecule has 0 aliphatic heterocycles. The molecule has 0 radical (unpaired) electrons. The first-order valence-electron chi connectivity index (χ1n) is 15.6. The highest BCUT2D eigenvalue weighted by molar-refractivity contribution is 6.30. The summed E-state index contributed by atoms with van der Waals surface area (Å²) in [5.74, 6) is 0.856. The van der Waals surface area contributed by atoms with E-state index in [9.17, 15) is 19.8 Å². The van der Waals surface area contributed by atoms with Gasteiger partial charge in [-0.3, -0.25) is 10.6 Å². The van der Waals surface area contributed by atoms with Crippen LogP contribution in [0.2, 0.25) is 10.0 Å². The van der Waals surface area contributed by atoms with Gasteiger partial charge >= 0.3 is 12.2 Å². The van der Waals surface area contributed by atoms with E-state index in [0.717, 1.165) is 11.1 Å². The standard InChI is InChI=1S/C40H30Cl2N2O7/c41-29-9-1-5-25(17-29)23-49-39(47)43-31-13-15-37(35(21-31)27-7-3-11-33(45)19-27)51-38-16-14-32(22-36(38)28-8-4-12-34(46)20-28)44-40(48)50-24-26-6-2-10-30(42)18-26/h1-22,45-46H,23-24H2,(H,43,47)(H,44,48). The molecule has 9 nitrogen and oxygen atoms in total. The fourth-order valence-electron chi connectivity index (χ4n) is 5.17. The Bertz CT molecular complexity index is 2050. The number of anilines is 2. The zero-order valence-corrected chi connectivity index (χ0v) is 28.3. The highest BCUT2D eigenvalue weighted by Gasteiger charge is 2.16. The summed E-state index contributed by atoms with van der Waals surface area (Å²) in [7, 11) is 0. The SMILES string of the molecule is O=C(Nc1ccc(Oc2ccc(NC(=O)OCc3cccc(Cl)c3)cc2-c2cccc(O)c2)c(-c2cccc(O)c2)c1)OCc1cccc(Cl)c1. The normalized spacial score (nSPS) is 10.6. The van der Waals surface area contributed by atoms with Crippen LogP contribution in [0, 0.1) is 0 Å². The molecule has 0 bridgehead atoms. The number of ether oxygens (including phenoxy) is 3. The molecule has 0 fully saturated rings. The Kier molecular flexibility index (Phi) is 10.9. The van der Waals surface area contributed by atoms with Crippen LogP contribution < -0.4 is 15.4 Å². The summed E-state index contributed by atoms with van der Waals surface area (Å²) in [6.45, 7) is 0.0462. The van der Waals surface area contributed by atoms with E-state index in [0.29, 0.717) is 55.2 Å². The molecule has 11 heteroatoms. The summed E-state index contributed by atoms with van der Waals surface area (Å²) in [5.41, 5.74) is 4.63. The molecule has 6 aromatic carbocycles. The summed E-state index contributed by atoms with van der Waals surface area (Å²) in [5, 5.41) is 27.1. The highest BCUT2D eigenvalue weighted by atomic mass is 35.5. The van der Waals surface area contributed by atoms with Crippen molar-refractivity contribution in [2.24, 2.45) is 0 Å². The lowest BCUT2D eigenvalue weighted by atomic mass is 10.0. The van der Waals surface area contributed by atoms with Crippen LogP contribution in [0.25, 0.3) is 22.3 Å². The third-order valence-corrected chi connectivity index (χ3v) is 7.97. The lowest BCUT2D eigenvalue weighted by Crippen LogP contribution is -2.13. The second-order valence-corrected chi connectivity index (χ2v) is 12.2. The Morgan fingerprint density at radius 1 is 0.529 bits per heavy atom. The maximum atomic E-state index is 12.7. The molecule has 6 aromatic rings. The van der Waals surface area contributed by atoms with Gasteiger partial charge < -0.3 is 24.4 Å². The van der Waals surface area contributed by atoms with Crippen LogP contribution in [0.15, 0.2) is 133 Å². The predicted octanol–water partition coefficient (Wildman–Crippen LogP) is 11.0. The van der Waals surface area contributed by atoms with Crippen molar-refractivity contribution in [2.75, 3.05) is 10.6 Å². The van der Waals surface area contributed by atoms with Gasteiger partial charge in [-0.15, -0.1) is 0 Å². The van der Waals surface area contributed by atoms with Crippen LogP contribution in [0.4, 0.5) is 21.0 Å². The Balaban J connectivity index is 1.27. The first kappa shape index (κ1) is 34.7. The fourth-order valence-corrected chi connectivity index (χ4v) is 5.59. The van der Waals surface area contributed by atoms with Crippen molar-refractivity contribution in [3.63, 3.8) is 0 Å². The quantitative estimate of drug-likeness (QED) is 0.111. The molecular weight excluding hydrogens is 691 g/mol. The van der Waals surface area contributed by atoms with E-state index in [-0.39, 0.29) is 24.7 Å². The van der Waals surface area contributed by atoms with Crippen LogP contribution in [-0.2, 0) is 22.7 Å². The highest BCUT2D eigenvalue weighted by Crippen LogP contribution is 2.41. The average Bonchev–Trinajstić information content (AvgIpc) is 3.11. The van der Waals surface area contributed by atoms with Gasteiger partial charge in [-0.2, -0.15) is 0 Å². The van der Waals surface area contributed by atoms with Crippen molar-refractivity contribution in [3.8, 4) is 45.3 Å². The maximum Gasteiger partial charge on any atom is 0.411 e. The summed E-state index contributed by atoms with van der Waals surface area (Å²) in [4.78, 5) is 25.4. The number of nitrogens with one attached hydrogen (secondary N) is 2. The molecule has 0 spiro atoms. The number of phenols is 2. The topological polar surface area (TPSA) is 126 Å². The van der Waals surface area contributed by atoms with Crippen LogP contribution in [0.1, 0.15) is 11.1 Å². The number of carbonyl (C=O) groups excluding carboxylic acids is 2. The van der Waals surface area contributed by atoms with Gasteiger partial charge in [0.1, 0.15) is 36.2 Å². The zero-order valence-electron chi connectivity index (χ0n) is 26.8. The van der Waals surface area contributed by atoms with E-state index in [4.69, 9.17) is 37.4 Å². The molecule has 2 amide bonds. The van der Waals surface area contributed by atoms with E-state index >= 15 is 0 Å². The van der Waals surface area contributed by atoms with E-state index in [1.165, 1.54) is 0 Å². The minimum Gasteiger partial charge on any atom is -0.508 e. The van der Waals surface area contributed by atoms with Gasteiger partial charge in [0.15, 0.2) is 0 Å². The fraction of sp³-hybridized carbons (Fsp3) is 0.0500. The Morgan fingerprint density at radius 2 is 0.961 bits per heavy atom. The number of phenolic OH excluding ortho intramolecular Hbond substituents is 2. The van der Waals surface area contributed by atoms with Gasteiger partial charge in [0, 0.05) is 32.5 Å². The van der Waals surface area contributed by atoms with Gasteiger partial charge in [-0.1, -0.05) is 71.7 Å². The lowest BCUT2D eigenvalue weighted by molar-refractivity contribution is 0.154. The van der Waals surface area contributed by atoms with Gasteiger partial charge in [0.2, 0.25) is 0 Å². The molecule has 51 heavy (non-hydrogen) atoms. The van der Waals surface area contributed by atoms with Crippen molar-refractivity contribution < 1.29 is 34.0 Å². The molecule has 0 aliphatic carbocycles. The summed E-state index contributed by atoms with van der Waals surface area (Å²) < 4.78 is 17.3. The molecule has 0 unspecified atom stereocenters. The average molecular weight is 722 g/mol. The number of benzene rings is 6. The first-order chi connectivity index (χ1) is 24.7. The van der Waals surface area contributed by atoms with Crippen LogP contribution >= 0.6 is 23.2 Å². The molecule has 256 valence electrons. The monoisotopic (exact) mass is 720 g/mol. The van der Waals surface area contributed by atoms with Crippen molar-refractivity contribution >= 4 is 46.8 Å². The van der Waals surface area contributed by atoms with E-state index in [2.05, 4.69) is 10.6 Å². The van der Waals surface area contributed by atoms with Crippen LogP contribution in [0.5, 0.6) is 23.0 Å². The number of amides is 2. The third kappa shape index (κ3) is 9.51. The van der Waals surface area contributed by atoms with Crippen molar-refractivity contribution in [1.29, 1.82) is 0 Å². The van der Waals surface area contributed by atoms with Crippen molar-refractivity contribution in [3.05, 3.63) is 155 Å². The molecule has 4 N–H and O–H groups in total. The van der Waals surface area contributed by atoms with Crippen molar-refractivity contribution in [1.82, 2.24) is 0 Å². The molecule has 0 saturated heterocycles. The molecule has 6 rings (SSSR count). The molecule has 0 aromatic heterocycles. The molecule has 0 heterocycles. The lowest BCUT2D eigenvalue weighted by Gasteiger charge is -2.18. The van der Waals surface area contributed by atoms with Crippen LogP contribution in [0.3, 0.4) is 0 Å². The third-order valence-electron chi connectivity index (χ3n) is 7.50. The van der Waals surface area contributed by atoms with E-state index in [1.807, 2.05) is 0 Å². The number of hydrogen-bond acceptors (Lipinski definition) is 7. The first-order valence-corrected chi connectivity index (χ1v) is 16.4. The number of aromatic hydroxyl groups is 2. The van der Waals surface area contributed by atoms with Gasteiger partial charge in [-0.05, 0) is 107 Å². The molecular formula is C40H30Cl2N2O7. The summed E-state index contributed by atoms with van der Waals surface area (Å²) >= 11 is 12.1.